The summed E-state index contributed by atoms with van der Waals surface area (Å²) in [7, 11) is 0. The van der Waals surface area contributed by atoms with Crippen LogP contribution in [0.25, 0.3) is 0 Å². The predicted octanol–water partition coefficient (Wildman–Crippen LogP) is 4.27. The standard InChI is InChI=1S/C16H25NOS/c1-6-19-10-12(3)17-11(2)7-13-14(17)8-16(4,5)9-15(13)18/h7,12H,6,8-10H2,1-5H3. The Hall–Kier alpha value is -0.700. The number of carbonyl (C=O) groups excluding carboxylic acids is 1. The number of carbonyl (C=O) groups is 1. The van der Waals surface area contributed by atoms with E-state index in [1.54, 1.807) is 0 Å². The second kappa shape index (κ2) is 5.35. The summed E-state index contributed by atoms with van der Waals surface area (Å²) in [6, 6.07) is 2.57. The number of hydrogen-bond donors (Lipinski definition) is 0. The van der Waals surface area contributed by atoms with E-state index in [4.69, 9.17) is 0 Å². The van der Waals surface area contributed by atoms with Gasteiger partial charge in [0.1, 0.15) is 0 Å². The molecule has 0 spiro atoms. The lowest BCUT2D eigenvalue weighted by Crippen LogP contribution is -2.29. The van der Waals surface area contributed by atoms with E-state index < -0.39 is 0 Å². The lowest BCUT2D eigenvalue weighted by atomic mass is 9.76. The van der Waals surface area contributed by atoms with Crippen molar-refractivity contribution in [3.05, 3.63) is 23.0 Å². The lowest BCUT2D eigenvalue weighted by molar-refractivity contribution is 0.0909. The Morgan fingerprint density at radius 1 is 1.42 bits per heavy atom. The molecule has 106 valence electrons. The number of hydrogen-bond acceptors (Lipinski definition) is 2. The fraction of sp³-hybridized carbons (Fsp3) is 0.688. The SMILES string of the molecule is CCSCC(C)n1c(C)cc2c1CC(C)(C)CC2=O. The summed E-state index contributed by atoms with van der Waals surface area (Å²) in [5, 5.41) is 0. The average molecular weight is 279 g/mol. The highest BCUT2D eigenvalue weighted by atomic mass is 32.2. The Balaban J connectivity index is 2.38. The summed E-state index contributed by atoms with van der Waals surface area (Å²) >= 11 is 1.97. The van der Waals surface area contributed by atoms with Crippen molar-refractivity contribution >= 4 is 17.5 Å². The predicted molar refractivity (Wildman–Crippen MR) is 83.3 cm³/mol. The van der Waals surface area contributed by atoms with E-state index in [2.05, 4.69) is 45.3 Å². The minimum absolute atomic E-state index is 0.101. The molecule has 0 amide bonds. The first-order valence-corrected chi connectivity index (χ1v) is 8.33. The summed E-state index contributed by atoms with van der Waals surface area (Å²) in [6.45, 7) is 11.0. The van der Waals surface area contributed by atoms with E-state index >= 15 is 0 Å². The van der Waals surface area contributed by atoms with Gasteiger partial charge in [0, 0.05) is 35.2 Å². The van der Waals surface area contributed by atoms with Gasteiger partial charge in [0.25, 0.3) is 0 Å². The topological polar surface area (TPSA) is 22.0 Å². The highest BCUT2D eigenvalue weighted by Crippen LogP contribution is 2.37. The molecule has 0 aliphatic heterocycles. The molecule has 0 radical (unpaired) electrons. The third-order valence-electron chi connectivity index (χ3n) is 3.92. The van der Waals surface area contributed by atoms with E-state index in [1.807, 2.05) is 11.8 Å². The number of ketones is 1. The van der Waals surface area contributed by atoms with Crippen molar-refractivity contribution in [1.82, 2.24) is 4.57 Å². The quantitative estimate of drug-likeness (QED) is 0.821. The molecule has 3 heteroatoms. The minimum Gasteiger partial charge on any atom is -0.345 e. The van der Waals surface area contributed by atoms with E-state index in [0.717, 1.165) is 23.5 Å². The lowest BCUT2D eigenvalue weighted by Gasteiger charge is -2.31. The van der Waals surface area contributed by atoms with E-state index in [1.165, 1.54) is 11.4 Å². The van der Waals surface area contributed by atoms with E-state index in [-0.39, 0.29) is 5.41 Å². The van der Waals surface area contributed by atoms with Crippen molar-refractivity contribution in [2.24, 2.45) is 5.41 Å². The van der Waals surface area contributed by atoms with Crippen molar-refractivity contribution < 1.29 is 4.79 Å². The van der Waals surface area contributed by atoms with Crippen molar-refractivity contribution in [2.45, 2.75) is 53.5 Å². The fourth-order valence-electron chi connectivity index (χ4n) is 3.15. The first kappa shape index (κ1) is 14.7. The highest BCUT2D eigenvalue weighted by molar-refractivity contribution is 7.99. The van der Waals surface area contributed by atoms with Crippen molar-refractivity contribution in [2.75, 3.05) is 11.5 Å². The van der Waals surface area contributed by atoms with Gasteiger partial charge in [-0.25, -0.2) is 0 Å². The van der Waals surface area contributed by atoms with Crippen LogP contribution >= 0.6 is 11.8 Å². The van der Waals surface area contributed by atoms with Gasteiger partial charge in [0.15, 0.2) is 5.78 Å². The third kappa shape index (κ3) is 2.91. The largest absolute Gasteiger partial charge is 0.345 e. The maximum Gasteiger partial charge on any atom is 0.165 e. The number of nitrogens with zero attached hydrogens (tertiary/aromatic N) is 1. The maximum absolute atomic E-state index is 12.3. The number of aromatic nitrogens is 1. The summed E-state index contributed by atoms with van der Waals surface area (Å²) in [6.07, 6.45) is 1.70. The van der Waals surface area contributed by atoms with Crippen LogP contribution in [-0.2, 0) is 6.42 Å². The Bertz CT molecular complexity index is 487. The molecule has 0 saturated carbocycles. The van der Waals surface area contributed by atoms with Crippen molar-refractivity contribution in [3.63, 3.8) is 0 Å². The zero-order valence-corrected chi connectivity index (χ0v) is 13.6. The molecule has 0 N–H and O–H groups in total. The monoisotopic (exact) mass is 279 g/mol. The summed E-state index contributed by atoms with van der Waals surface area (Å²) in [5.41, 5.74) is 3.58. The van der Waals surface area contributed by atoms with Crippen LogP contribution in [0.1, 0.15) is 61.9 Å². The molecule has 1 aliphatic rings. The molecule has 1 aromatic rings. The molecule has 1 unspecified atom stereocenters. The first-order valence-electron chi connectivity index (χ1n) is 7.17. The third-order valence-corrected chi connectivity index (χ3v) is 5.05. The van der Waals surface area contributed by atoms with Gasteiger partial charge in [0.2, 0.25) is 0 Å². The first-order chi connectivity index (χ1) is 8.85. The Morgan fingerprint density at radius 3 is 2.74 bits per heavy atom. The van der Waals surface area contributed by atoms with Crippen LogP contribution in [-0.4, -0.2) is 21.9 Å². The molecule has 0 aromatic carbocycles. The van der Waals surface area contributed by atoms with Gasteiger partial charge in [-0.3, -0.25) is 4.79 Å². The molecule has 2 nitrogen and oxygen atoms in total. The Morgan fingerprint density at radius 2 is 2.11 bits per heavy atom. The Kier molecular flexibility index (Phi) is 4.14. The minimum atomic E-state index is 0.101. The molecular formula is C16H25NOS. The van der Waals surface area contributed by atoms with Crippen LogP contribution in [0.4, 0.5) is 0 Å². The molecule has 1 atom stereocenters. The molecule has 0 saturated heterocycles. The second-order valence-electron chi connectivity index (χ2n) is 6.47. The van der Waals surface area contributed by atoms with Gasteiger partial charge in [-0.15, -0.1) is 0 Å². The Labute approximate surface area is 121 Å². The van der Waals surface area contributed by atoms with Gasteiger partial charge >= 0.3 is 0 Å². The van der Waals surface area contributed by atoms with Crippen LogP contribution in [0.2, 0.25) is 0 Å². The summed E-state index contributed by atoms with van der Waals surface area (Å²) in [4.78, 5) is 12.3. The zero-order chi connectivity index (χ0) is 14.2. The molecular weight excluding hydrogens is 254 g/mol. The van der Waals surface area contributed by atoms with Crippen molar-refractivity contribution in [3.8, 4) is 0 Å². The zero-order valence-electron chi connectivity index (χ0n) is 12.7. The number of rotatable bonds is 4. The van der Waals surface area contributed by atoms with Gasteiger partial charge in [-0.05, 0) is 37.5 Å². The van der Waals surface area contributed by atoms with Gasteiger partial charge in [0.05, 0.1) is 0 Å². The smallest absolute Gasteiger partial charge is 0.165 e. The van der Waals surface area contributed by atoms with Gasteiger partial charge < -0.3 is 4.57 Å². The molecule has 2 rings (SSSR count). The number of aryl methyl sites for hydroxylation is 1. The molecule has 1 aromatic heterocycles. The average Bonchev–Trinajstić information content (AvgIpc) is 2.61. The van der Waals surface area contributed by atoms with E-state index in [0.29, 0.717) is 18.2 Å². The highest BCUT2D eigenvalue weighted by Gasteiger charge is 2.34. The van der Waals surface area contributed by atoms with E-state index in [9.17, 15) is 4.79 Å². The molecule has 19 heavy (non-hydrogen) atoms. The molecule has 0 fully saturated rings. The molecule has 1 heterocycles. The van der Waals surface area contributed by atoms with Crippen LogP contribution in [0.3, 0.4) is 0 Å². The van der Waals surface area contributed by atoms with Crippen LogP contribution < -0.4 is 0 Å². The number of thioether (sulfide) groups is 1. The van der Waals surface area contributed by atoms with Crippen LogP contribution in [0, 0.1) is 12.3 Å². The normalized spacial score (nSPS) is 19.3. The van der Waals surface area contributed by atoms with Gasteiger partial charge in [-0.1, -0.05) is 20.8 Å². The van der Waals surface area contributed by atoms with Crippen LogP contribution in [0.5, 0.6) is 0 Å². The number of fused-ring (bicyclic) bond motifs is 1. The summed E-state index contributed by atoms with van der Waals surface area (Å²) < 4.78 is 2.40. The van der Waals surface area contributed by atoms with Gasteiger partial charge in [-0.2, -0.15) is 11.8 Å². The second-order valence-corrected chi connectivity index (χ2v) is 7.78. The number of Topliss-reactive ketones (excluding diaryl/α,β-unsaturated/α-hetero) is 1. The van der Waals surface area contributed by atoms with Crippen molar-refractivity contribution in [1.29, 1.82) is 0 Å². The summed E-state index contributed by atoms with van der Waals surface area (Å²) in [5.74, 6) is 2.59. The molecule has 1 aliphatic carbocycles. The maximum atomic E-state index is 12.3. The fourth-order valence-corrected chi connectivity index (χ4v) is 3.87. The van der Waals surface area contributed by atoms with Crippen LogP contribution in [0.15, 0.2) is 6.07 Å². The molecule has 0 bridgehead atoms.